The van der Waals surface area contributed by atoms with E-state index in [4.69, 9.17) is 5.11 Å². The highest BCUT2D eigenvalue weighted by Crippen LogP contribution is 2.09. The maximum absolute atomic E-state index is 10.3. The van der Waals surface area contributed by atoms with Crippen molar-refractivity contribution in [1.29, 1.82) is 0 Å². The zero-order chi connectivity index (χ0) is 15.8. The number of aliphatic hydroxyl groups excluding tert-OH is 1. The monoisotopic (exact) mass is 297 g/mol. The maximum atomic E-state index is 10.3. The number of hydrogen-bond donors (Lipinski definition) is 2. The van der Waals surface area contributed by atoms with Gasteiger partial charge in [0.05, 0.1) is 6.10 Å². The molecule has 0 rings (SSSR count). The van der Waals surface area contributed by atoms with E-state index in [0.717, 1.165) is 51.5 Å². The Kier molecular flexibility index (Phi) is 14.4. The van der Waals surface area contributed by atoms with Crippen molar-refractivity contribution in [2.24, 2.45) is 4.99 Å². The summed E-state index contributed by atoms with van der Waals surface area (Å²) in [5, 5.41) is 18.2. The molecule has 0 heterocycles. The van der Waals surface area contributed by atoms with Crippen LogP contribution >= 0.6 is 0 Å². The van der Waals surface area contributed by atoms with Crippen LogP contribution in [0, 0.1) is 0 Å². The van der Waals surface area contributed by atoms with Gasteiger partial charge in [0, 0.05) is 19.2 Å². The fourth-order valence-electron chi connectivity index (χ4n) is 2.02. The molecule has 0 aliphatic heterocycles. The molecule has 0 saturated carbocycles. The number of unbranched alkanes of at least 4 members (excludes halogenated alkanes) is 6. The molecule has 2 N–H and O–H groups in total. The van der Waals surface area contributed by atoms with Crippen molar-refractivity contribution in [2.45, 2.75) is 77.2 Å². The van der Waals surface area contributed by atoms with Crippen molar-refractivity contribution in [3.8, 4) is 0 Å². The molecular weight excluding hydrogens is 266 g/mol. The van der Waals surface area contributed by atoms with Crippen LogP contribution in [0.3, 0.4) is 0 Å². The third kappa shape index (κ3) is 16.8. The first kappa shape index (κ1) is 19.8. The highest BCUT2D eigenvalue weighted by molar-refractivity contribution is 5.71. The summed E-state index contributed by atoms with van der Waals surface area (Å²) < 4.78 is 0. The average molecular weight is 297 g/mol. The second-order valence-electron chi connectivity index (χ2n) is 5.41. The Hall–Kier alpha value is -1.16. The first-order valence-electron chi connectivity index (χ1n) is 8.23. The summed E-state index contributed by atoms with van der Waals surface area (Å²) in [7, 11) is 0. The predicted molar refractivity (Wildman–Crippen MR) is 88.0 cm³/mol. The van der Waals surface area contributed by atoms with Gasteiger partial charge in [-0.15, -0.1) is 0 Å². The standard InChI is InChI=1S/C17H31NO3/c1-2-3-9-14-18-15-10-12-16(19)11-7-5-4-6-8-13-17(20)21/h10,12,15-16,19H,2-9,11,13-14H2,1H3,(H,20,21)/b12-10+,18-15+. The van der Waals surface area contributed by atoms with E-state index in [1.165, 1.54) is 12.8 Å². The lowest BCUT2D eigenvalue weighted by molar-refractivity contribution is -0.137. The SMILES string of the molecule is CCCCC/N=C/C=C/C(O)CCCCCCCC(=O)O. The normalized spacial score (nSPS) is 13.2. The lowest BCUT2D eigenvalue weighted by atomic mass is 10.1. The molecule has 122 valence electrons. The summed E-state index contributed by atoms with van der Waals surface area (Å²) in [5.41, 5.74) is 0. The minimum atomic E-state index is -0.716. The third-order valence-corrected chi connectivity index (χ3v) is 3.31. The third-order valence-electron chi connectivity index (χ3n) is 3.31. The molecule has 0 aliphatic rings. The molecule has 4 nitrogen and oxygen atoms in total. The van der Waals surface area contributed by atoms with Crippen LogP contribution in [-0.2, 0) is 4.79 Å². The summed E-state index contributed by atoms with van der Waals surface area (Å²) in [6, 6.07) is 0. The van der Waals surface area contributed by atoms with E-state index < -0.39 is 12.1 Å². The Morgan fingerprint density at radius 3 is 2.52 bits per heavy atom. The van der Waals surface area contributed by atoms with Gasteiger partial charge < -0.3 is 10.2 Å². The number of aliphatic hydroxyl groups is 1. The van der Waals surface area contributed by atoms with Crippen LogP contribution in [0.1, 0.15) is 71.1 Å². The van der Waals surface area contributed by atoms with Gasteiger partial charge in [0.1, 0.15) is 0 Å². The van der Waals surface area contributed by atoms with Crippen LogP contribution in [0.5, 0.6) is 0 Å². The van der Waals surface area contributed by atoms with E-state index in [1.807, 2.05) is 6.08 Å². The Labute approximate surface area is 129 Å². The smallest absolute Gasteiger partial charge is 0.303 e. The lowest BCUT2D eigenvalue weighted by Gasteiger charge is -2.04. The lowest BCUT2D eigenvalue weighted by Crippen LogP contribution is -2.01. The molecule has 0 amide bonds. The van der Waals surface area contributed by atoms with Crippen molar-refractivity contribution in [3.05, 3.63) is 12.2 Å². The number of aliphatic carboxylic acids is 1. The largest absolute Gasteiger partial charge is 0.481 e. The molecule has 0 bridgehead atoms. The zero-order valence-electron chi connectivity index (χ0n) is 13.3. The number of nitrogens with zero attached hydrogens (tertiary/aromatic N) is 1. The van der Waals surface area contributed by atoms with Gasteiger partial charge >= 0.3 is 5.97 Å². The summed E-state index contributed by atoms with van der Waals surface area (Å²) in [4.78, 5) is 14.6. The summed E-state index contributed by atoms with van der Waals surface area (Å²) in [5.74, 6) is -0.716. The van der Waals surface area contributed by atoms with Crippen molar-refractivity contribution >= 4 is 12.2 Å². The topological polar surface area (TPSA) is 69.9 Å². The highest BCUT2D eigenvalue weighted by atomic mass is 16.4. The van der Waals surface area contributed by atoms with Gasteiger partial charge in [0.25, 0.3) is 0 Å². The van der Waals surface area contributed by atoms with Gasteiger partial charge in [-0.2, -0.15) is 0 Å². The van der Waals surface area contributed by atoms with Crippen molar-refractivity contribution < 1.29 is 15.0 Å². The van der Waals surface area contributed by atoms with Gasteiger partial charge in [0.15, 0.2) is 0 Å². The number of allylic oxidation sites excluding steroid dienone is 1. The van der Waals surface area contributed by atoms with E-state index in [1.54, 1.807) is 12.3 Å². The van der Waals surface area contributed by atoms with E-state index >= 15 is 0 Å². The molecule has 1 atom stereocenters. The number of rotatable bonds is 14. The molecule has 4 heteroatoms. The Balaban J connectivity index is 3.40. The first-order valence-corrected chi connectivity index (χ1v) is 8.23. The van der Waals surface area contributed by atoms with Gasteiger partial charge in [-0.1, -0.05) is 51.5 Å². The molecule has 1 unspecified atom stereocenters. The molecule has 0 fully saturated rings. The molecule has 0 radical (unpaired) electrons. The van der Waals surface area contributed by atoms with E-state index in [2.05, 4.69) is 11.9 Å². The Morgan fingerprint density at radius 1 is 1.10 bits per heavy atom. The predicted octanol–water partition coefficient (Wildman–Crippen LogP) is 3.98. The van der Waals surface area contributed by atoms with Crippen molar-refractivity contribution in [3.63, 3.8) is 0 Å². The van der Waals surface area contributed by atoms with Gasteiger partial charge in [-0.05, 0) is 25.3 Å². The van der Waals surface area contributed by atoms with Crippen LogP contribution in [-0.4, -0.2) is 35.0 Å². The average Bonchev–Trinajstić information content (AvgIpc) is 2.45. The second-order valence-corrected chi connectivity index (χ2v) is 5.41. The Bertz CT molecular complexity index is 300. The number of aliphatic imine (C=N–C) groups is 1. The fraction of sp³-hybridized carbons (Fsp3) is 0.765. The van der Waals surface area contributed by atoms with Crippen LogP contribution < -0.4 is 0 Å². The molecule has 0 saturated heterocycles. The summed E-state index contributed by atoms with van der Waals surface area (Å²) >= 11 is 0. The maximum Gasteiger partial charge on any atom is 0.303 e. The quantitative estimate of drug-likeness (QED) is 0.376. The molecular formula is C17H31NO3. The van der Waals surface area contributed by atoms with E-state index in [9.17, 15) is 9.90 Å². The fourth-order valence-corrected chi connectivity index (χ4v) is 2.02. The second kappa shape index (κ2) is 15.2. The number of carboxylic acids is 1. The van der Waals surface area contributed by atoms with Crippen LogP contribution in [0.25, 0.3) is 0 Å². The number of carbonyl (C=O) groups is 1. The van der Waals surface area contributed by atoms with Gasteiger partial charge in [0.2, 0.25) is 0 Å². The van der Waals surface area contributed by atoms with Gasteiger partial charge in [-0.25, -0.2) is 0 Å². The minimum Gasteiger partial charge on any atom is -0.481 e. The van der Waals surface area contributed by atoms with Crippen LogP contribution in [0.4, 0.5) is 0 Å². The van der Waals surface area contributed by atoms with Crippen molar-refractivity contribution in [1.82, 2.24) is 0 Å². The molecule has 0 aromatic rings. The molecule has 0 aliphatic carbocycles. The van der Waals surface area contributed by atoms with Crippen LogP contribution in [0.15, 0.2) is 17.1 Å². The summed E-state index contributed by atoms with van der Waals surface area (Å²) in [6.07, 6.45) is 14.4. The Morgan fingerprint density at radius 2 is 1.81 bits per heavy atom. The number of carboxylic acid groups (broad SMARTS) is 1. The molecule has 0 spiro atoms. The van der Waals surface area contributed by atoms with Crippen LogP contribution in [0.2, 0.25) is 0 Å². The van der Waals surface area contributed by atoms with E-state index in [0.29, 0.717) is 0 Å². The highest BCUT2D eigenvalue weighted by Gasteiger charge is 1.99. The molecule has 0 aromatic carbocycles. The number of hydrogen-bond acceptors (Lipinski definition) is 3. The van der Waals surface area contributed by atoms with Gasteiger partial charge in [-0.3, -0.25) is 9.79 Å². The van der Waals surface area contributed by atoms with Crippen molar-refractivity contribution in [2.75, 3.05) is 6.54 Å². The first-order chi connectivity index (χ1) is 10.2. The summed E-state index contributed by atoms with van der Waals surface area (Å²) in [6.45, 7) is 3.04. The molecule has 0 aromatic heterocycles. The minimum absolute atomic E-state index is 0.267. The van der Waals surface area contributed by atoms with E-state index in [-0.39, 0.29) is 6.42 Å². The molecule has 21 heavy (non-hydrogen) atoms. The zero-order valence-corrected chi connectivity index (χ0v) is 13.3.